The van der Waals surface area contributed by atoms with Crippen LogP contribution in [0.3, 0.4) is 0 Å². The Labute approximate surface area is 231 Å². The summed E-state index contributed by atoms with van der Waals surface area (Å²) in [4.78, 5) is 44.6. The van der Waals surface area contributed by atoms with Crippen molar-refractivity contribution in [1.82, 2.24) is 40.8 Å². The van der Waals surface area contributed by atoms with Crippen molar-refractivity contribution in [1.29, 1.82) is 0 Å². The number of hydrazine groups is 1. The molecule has 0 spiro atoms. The fourth-order valence-electron chi connectivity index (χ4n) is 4.70. The Hall–Kier alpha value is -4.91. The van der Waals surface area contributed by atoms with E-state index >= 15 is 0 Å². The molecule has 4 heterocycles. The van der Waals surface area contributed by atoms with Gasteiger partial charge in [0.2, 0.25) is 0 Å². The average Bonchev–Trinajstić information content (AvgIpc) is 3.75. The molecule has 0 aliphatic carbocycles. The van der Waals surface area contributed by atoms with E-state index in [0.29, 0.717) is 35.2 Å². The topological polar surface area (TPSA) is 148 Å². The van der Waals surface area contributed by atoms with Crippen LogP contribution in [0.2, 0.25) is 0 Å². The summed E-state index contributed by atoms with van der Waals surface area (Å²) in [6.07, 6.45) is 3.11. The van der Waals surface area contributed by atoms with Gasteiger partial charge in [0.15, 0.2) is 0 Å². The molecule has 202 valence electrons. The van der Waals surface area contributed by atoms with Crippen LogP contribution in [-0.4, -0.2) is 60.8 Å². The molecule has 5 aromatic rings. The summed E-state index contributed by atoms with van der Waals surface area (Å²) in [5.74, 6) is -0.915. The number of carbonyl (C=O) groups is 3. The number of nitrogens with one attached hydrogen (secondary N) is 2. The number of amides is 3. The second-order valence-electron chi connectivity index (χ2n) is 9.40. The zero-order valence-electron chi connectivity index (χ0n) is 21.4. The Kier molecular flexibility index (Phi) is 6.78. The standard InChI is InChI=1S/C27H24N8O4S/c1-16-20(14-28-35(16)19-5-3-2-4-6-19)27(38)34-11-9-17(10-12-34)26-29-23(15-40-26)25(37)31-30-24(36)18-7-8-21-22(13-18)33-39-32-21/h2-8,13-15,17H,9-12H2,1H3,(H,30,36)(H,31,37). The summed E-state index contributed by atoms with van der Waals surface area (Å²) in [5, 5.41) is 14.3. The maximum Gasteiger partial charge on any atom is 0.289 e. The van der Waals surface area contributed by atoms with E-state index in [9.17, 15) is 14.4 Å². The molecule has 2 aromatic carbocycles. The lowest BCUT2D eigenvalue weighted by molar-refractivity contribution is 0.0712. The molecule has 2 N–H and O–H groups in total. The number of nitrogens with zero attached hydrogens (tertiary/aromatic N) is 6. The minimum atomic E-state index is -0.515. The molecule has 12 nitrogen and oxygen atoms in total. The number of para-hydroxylation sites is 1. The molecular formula is C27H24N8O4S. The lowest BCUT2D eigenvalue weighted by Crippen LogP contribution is -2.41. The van der Waals surface area contributed by atoms with Gasteiger partial charge in [-0.2, -0.15) is 5.10 Å². The summed E-state index contributed by atoms with van der Waals surface area (Å²) < 4.78 is 6.41. The van der Waals surface area contributed by atoms with Crippen molar-refractivity contribution in [3.8, 4) is 5.69 Å². The van der Waals surface area contributed by atoms with Gasteiger partial charge in [0.1, 0.15) is 16.7 Å². The number of aromatic nitrogens is 5. The molecule has 40 heavy (non-hydrogen) atoms. The second kappa shape index (κ2) is 10.7. The summed E-state index contributed by atoms with van der Waals surface area (Å²) in [5.41, 5.74) is 8.58. The number of hydrogen-bond acceptors (Lipinski definition) is 9. The molecule has 6 rings (SSSR count). The van der Waals surface area contributed by atoms with E-state index in [-0.39, 0.29) is 17.5 Å². The fourth-order valence-corrected chi connectivity index (χ4v) is 5.67. The van der Waals surface area contributed by atoms with Crippen LogP contribution in [0.15, 0.2) is 64.7 Å². The second-order valence-corrected chi connectivity index (χ2v) is 10.3. The maximum atomic E-state index is 13.2. The highest BCUT2D eigenvalue weighted by Crippen LogP contribution is 2.31. The van der Waals surface area contributed by atoms with E-state index < -0.39 is 11.8 Å². The van der Waals surface area contributed by atoms with Crippen LogP contribution in [-0.2, 0) is 0 Å². The number of rotatable bonds is 5. The van der Waals surface area contributed by atoms with Crippen molar-refractivity contribution in [2.45, 2.75) is 25.7 Å². The third-order valence-corrected chi connectivity index (χ3v) is 7.94. The summed E-state index contributed by atoms with van der Waals surface area (Å²) in [6, 6.07) is 14.4. The Balaban J connectivity index is 1.03. The normalized spacial score (nSPS) is 13.9. The van der Waals surface area contributed by atoms with Crippen LogP contribution in [0.1, 0.15) is 60.7 Å². The highest BCUT2D eigenvalue weighted by atomic mass is 32.1. The van der Waals surface area contributed by atoms with Gasteiger partial charge in [-0.1, -0.05) is 18.2 Å². The largest absolute Gasteiger partial charge is 0.338 e. The highest BCUT2D eigenvalue weighted by Gasteiger charge is 2.28. The number of fused-ring (bicyclic) bond motifs is 1. The molecule has 13 heteroatoms. The molecule has 3 aromatic heterocycles. The van der Waals surface area contributed by atoms with Crippen molar-refractivity contribution >= 4 is 40.1 Å². The maximum absolute atomic E-state index is 13.2. The Morgan fingerprint density at radius 1 is 0.975 bits per heavy atom. The van der Waals surface area contributed by atoms with Crippen molar-refractivity contribution in [2.24, 2.45) is 0 Å². The molecule has 0 radical (unpaired) electrons. The number of carbonyl (C=O) groups excluding carboxylic acids is 3. The highest BCUT2D eigenvalue weighted by molar-refractivity contribution is 7.09. The van der Waals surface area contributed by atoms with Crippen molar-refractivity contribution in [3.05, 3.63) is 87.6 Å². The van der Waals surface area contributed by atoms with E-state index in [1.165, 1.54) is 17.4 Å². The zero-order valence-corrected chi connectivity index (χ0v) is 22.2. The molecule has 1 aliphatic heterocycles. The Morgan fingerprint density at radius 2 is 1.73 bits per heavy atom. The zero-order chi connectivity index (χ0) is 27.6. The number of hydrogen-bond donors (Lipinski definition) is 2. The predicted molar refractivity (Wildman–Crippen MR) is 145 cm³/mol. The first kappa shape index (κ1) is 25.4. The smallest absolute Gasteiger partial charge is 0.289 e. The molecule has 1 aliphatic rings. The van der Waals surface area contributed by atoms with Crippen LogP contribution < -0.4 is 10.9 Å². The van der Waals surface area contributed by atoms with Gasteiger partial charge in [-0.05, 0) is 60.4 Å². The van der Waals surface area contributed by atoms with Gasteiger partial charge in [0, 0.05) is 30.0 Å². The minimum absolute atomic E-state index is 0.0351. The first-order valence-corrected chi connectivity index (χ1v) is 13.5. The Bertz CT molecular complexity index is 1700. The van der Waals surface area contributed by atoms with Gasteiger partial charge in [-0.3, -0.25) is 25.2 Å². The minimum Gasteiger partial charge on any atom is -0.338 e. The summed E-state index contributed by atoms with van der Waals surface area (Å²) in [6.45, 7) is 3.07. The van der Waals surface area contributed by atoms with Gasteiger partial charge in [-0.15, -0.1) is 11.3 Å². The number of benzene rings is 2. The van der Waals surface area contributed by atoms with Crippen LogP contribution in [0.4, 0.5) is 0 Å². The van der Waals surface area contributed by atoms with Crippen LogP contribution in [0.25, 0.3) is 16.7 Å². The molecule has 0 bridgehead atoms. The van der Waals surface area contributed by atoms with E-state index in [4.69, 9.17) is 0 Å². The van der Waals surface area contributed by atoms with Gasteiger partial charge in [0.25, 0.3) is 17.7 Å². The molecule has 1 fully saturated rings. The predicted octanol–water partition coefficient (Wildman–Crippen LogP) is 3.27. The third-order valence-electron chi connectivity index (χ3n) is 6.93. The number of likely N-dealkylation sites (tertiary alicyclic amines) is 1. The molecule has 0 atom stereocenters. The lowest BCUT2D eigenvalue weighted by Gasteiger charge is -2.31. The molecule has 3 amide bonds. The molecule has 0 unspecified atom stereocenters. The first-order valence-electron chi connectivity index (χ1n) is 12.7. The third kappa shape index (κ3) is 4.94. The molecule has 0 saturated carbocycles. The SMILES string of the molecule is Cc1c(C(=O)N2CCC(c3nc(C(=O)NNC(=O)c4ccc5nonc5c4)cs3)CC2)cnn1-c1ccccc1. The van der Waals surface area contributed by atoms with Crippen LogP contribution in [0, 0.1) is 6.92 Å². The summed E-state index contributed by atoms with van der Waals surface area (Å²) in [7, 11) is 0. The van der Waals surface area contributed by atoms with E-state index in [1.807, 2.05) is 42.2 Å². The van der Waals surface area contributed by atoms with Gasteiger partial charge in [0.05, 0.1) is 28.1 Å². The Morgan fingerprint density at radius 3 is 2.52 bits per heavy atom. The first-order chi connectivity index (χ1) is 19.5. The molecule has 1 saturated heterocycles. The van der Waals surface area contributed by atoms with Crippen molar-refractivity contribution < 1.29 is 19.0 Å². The van der Waals surface area contributed by atoms with Gasteiger partial charge in [-0.25, -0.2) is 14.3 Å². The van der Waals surface area contributed by atoms with Crippen molar-refractivity contribution in [2.75, 3.05) is 13.1 Å². The van der Waals surface area contributed by atoms with Crippen LogP contribution >= 0.6 is 11.3 Å². The van der Waals surface area contributed by atoms with Crippen molar-refractivity contribution in [3.63, 3.8) is 0 Å². The summed E-state index contributed by atoms with van der Waals surface area (Å²) >= 11 is 1.40. The number of thiazole rings is 1. The monoisotopic (exact) mass is 556 g/mol. The molecular weight excluding hydrogens is 532 g/mol. The fraction of sp³-hybridized carbons (Fsp3) is 0.222. The number of piperidine rings is 1. The van der Waals surface area contributed by atoms with E-state index in [0.717, 1.165) is 29.2 Å². The van der Waals surface area contributed by atoms with E-state index in [1.54, 1.807) is 28.4 Å². The van der Waals surface area contributed by atoms with Gasteiger partial charge < -0.3 is 4.90 Å². The van der Waals surface area contributed by atoms with Crippen LogP contribution in [0.5, 0.6) is 0 Å². The average molecular weight is 557 g/mol. The quantitative estimate of drug-likeness (QED) is 0.314. The van der Waals surface area contributed by atoms with Gasteiger partial charge >= 0.3 is 0 Å². The van der Waals surface area contributed by atoms with E-state index in [2.05, 4.69) is 35.9 Å². The lowest BCUT2D eigenvalue weighted by atomic mass is 9.97.